The van der Waals surface area contributed by atoms with Crippen LogP contribution in [0.5, 0.6) is 0 Å². The van der Waals surface area contributed by atoms with Crippen LogP contribution in [0.15, 0.2) is 0 Å². The Morgan fingerprint density at radius 1 is 0.864 bits per heavy atom. The van der Waals surface area contributed by atoms with Gasteiger partial charge in [-0.15, -0.1) is 0 Å². The molecule has 0 aromatic carbocycles. The maximum atomic E-state index is 11.2. The van der Waals surface area contributed by atoms with Crippen molar-refractivity contribution in [1.29, 1.82) is 0 Å². The molecule has 1 N–H and O–H groups in total. The van der Waals surface area contributed by atoms with Gasteiger partial charge in [0.05, 0.1) is 0 Å². The summed E-state index contributed by atoms with van der Waals surface area (Å²) in [6.45, 7) is 12.4. The molecule has 22 heavy (non-hydrogen) atoms. The molecule has 2 heteroatoms. The molecular weight excluding hydrogens is 383 g/mol. The van der Waals surface area contributed by atoms with Gasteiger partial charge in [-0.2, -0.15) is 0 Å². The molecule has 1 nitrogen and oxygen atoms in total. The minimum Gasteiger partial charge on any atom is -0.379 e. The van der Waals surface area contributed by atoms with Gasteiger partial charge in [-0.25, -0.2) is 0 Å². The van der Waals surface area contributed by atoms with Gasteiger partial charge in [0, 0.05) is 5.41 Å². The van der Waals surface area contributed by atoms with Crippen LogP contribution in [-0.2, 0) is 0 Å². The third-order valence-corrected chi connectivity index (χ3v) is 10.3. The van der Waals surface area contributed by atoms with Gasteiger partial charge in [0.25, 0.3) is 0 Å². The van der Waals surface area contributed by atoms with Gasteiger partial charge < -0.3 is 5.11 Å². The largest absolute Gasteiger partial charge is 0.379 e. The van der Waals surface area contributed by atoms with Crippen molar-refractivity contribution in [3.8, 4) is 0 Å². The molecule has 1 unspecified atom stereocenters. The lowest BCUT2D eigenvalue weighted by Crippen LogP contribution is -2.56. The van der Waals surface area contributed by atoms with Gasteiger partial charge in [-0.3, -0.25) is 0 Å². The van der Waals surface area contributed by atoms with Gasteiger partial charge in [-0.1, -0.05) is 41.0 Å². The van der Waals surface area contributed by atoms with Crippen LogP contribution in [0.1, 0.15) is 79.6 Å². The van der Waals surface area contributed by atoms with E-state index >= 15 is 0 Å². The molecule has 0 radical (unpaired) electrons. The van der Waals surface area contributed by atoms with Crippen LogP contribution in [0.2, 0.25) is 0 Å². The normalized spacial score (nSPS) is 55.0. The number of rotatable bonds is 0. The highest BCUT2D eigenvalue weighted by Crippen LogP contribution is 2.63. The third-order valence-electron chi connectivity index (χ3n) is 8.49. The number of alkyl halides is 1. The summed E-state index contributed by atoms with van der Waals surface area (Å²) >= 11 is 2.40. The lowest BCUT2D eigenvalue weighted by Gasteiger charge is -2.60. The highest BCUT2D eigenvalue weighted by atomic mass is 127. The van der Waals surface area contributed by atoms with Crippen LogP contribution in [0.25, 0.3) is 0 Å². The van der Waals surface area contributed by atoms with E-state index in [1.165, 1.54) is 38.5 Å². The van der Waals surface area contributed by atoms with Crippen molar-refractivity contribution >= 4 is 22.6 Å². The van der Waals surface area contributed by atoms with E-state index in [0.717, 1.165) is 30.1 Å². The van der Waals surface area contributed by atoms with Crippen molar-refractivity contribution in [3.63, 3.8) is 0 Å². The number of halogens is 1. The molecule has 0 aromatic heterocycles. The maximum absolute atomic E-state index is 11.2. The van der Waals surface area contributed by atoms with E-state index in [9.17, 15) is 5.11 Å². The van der Waals surface area contributed by atoms with Crippen molar-refractivity contribution in [2.45, 2.75) is 83.2 Å². The Morgan fingerprint density at radius 2 is 1.50 bits per heavy atom. The first-order valence-corrected chi connectivity index (χ1v) is 10.6. The van der Waals surface area contributed by atoms with Crippen LogP contribution in [-0.4, -0.2) is 8.71 Å². The van der Waals surface area contributed by atoms with Crippen LogP contribution < -0.4 is 0 Å². The monoisotopic (exact) mass is 418 g/mol. The van der Waals surface area contributed by atoms with Crippen LogP contribution in [0.4, 0.5) is 0 Å². The molecule has 3 rings (SSSR count). The Hall–Kier alpha value is 0.690. The Balaban J connectivity index is 1.98. The maximum Gasteiger partial charge on any atom is 0.121 e. The summed E-state index contributed by atoms with van der Waals surface area (Å²) in [5, 5.41) is 11.2. The molecule has 3 saturated carbocycles. The predicted octanol–water partition coefficient (Wildman–Crippen LogP) is 6.03. The molecule has 3 fully saturated rings. The fourth-order valence-electron chi connectivity index (χ4n) is 6.60. The van der Waals surface area contributed by atoms with E-state index in [2.05, 4.69) is 57.2 Å². The molecular formula is C20H35IO. The van der Waals surface area contributed by atoms with E-state index in [1.54, 1.807) is 0 Å². The van der Waals surface area contributed by atoms with Gasteiger partial charge in [0.1, 0.15) is 3.61 Å². The molecule has 0 amide bonds. The second-order valence-corrected chi connectivity index (χ2v) is 11.5. The van der Waals surface area contributed by atoms with E-state index < -0.39 is 3.61 Å². The first-order chi connectivity index (χ1) is 10.1. The number of aliphatic hydroxyl groups is 1. The average Bonchev–Trinajstić information content (AvgIpc) is 2.41. The summed E-state index contributed by atoms with van der Waals surface area (Å²) in [4.78, 5) is 0. The minimum absolute atomic E-state index is 0.106. The van der Waals surface area contributed by atoms with E-state index in [0.29, 0.717) is 11.3 Å². The molecule has 0 aliphatic heterocycles. The van der Waals surface area contributed by atoms with Crippen molar-refractivity contribution in [1.82, 2.24) is 0 Å². The zero-order valence-corrected chi connectivity index (χ0v) is 17.3. The first-order valence-electron chi connectivity index (χ1n) is 9.51. The summed E-state index contributed by atoms with van der Waals surface area (Å²) in [5.41, 5.74) is 0.592. The average molecular weight is 418 g/mol. The fraction of sp³-hybridized carbons (Fsp3) is 1.00. The van der Waals surface area contributed by atoms with Crippen molar-refractivity contribution in [2.75, 3.05) is 0 Å². The molecule has 0 heterocycles. The summed E-state index contributed by atoms with van der Waals surface area (Å²) in [6, 6.07) is 0. The number of hydrogen-bond acceptors (Lipinski definition) is 1. The topological polar surface area (TPSA) is 20.2 Å². The van der Waals surface area contributed by atoms with Gasteiger partial charge >= 0.3 is 0 Å². The van der Waals surface area contributed by atoms with E-state index in [1.807, 2.05) is 0 Å². The highest BCUT2D eigenvalue weighted by Gasteiger charge is 2.58. The van der Waals surface area contributed by atoms with Crippen molar-refractivity contribution in [3.05, 3.63) is 0 Å². The van der Waals surface area contributed by atoms with E-state index in [-0.39, 0.29) is 5.41 Å². The summed E-state index contributed by atoms with van der Waals surface area (Å²) in [6.07, 6.45) is 8.89. The van der Waals surface area contributed by atoms with Gasteiger partial charge in [0.15, 0.2) is 0 Å². The summed E-state index contributed by atoms with van der Waals surface area (Å²) < 4.78 is -0.499. The van der Waals surface area contributed by atoms with Gasteiger partial charge in [0.2, 0.25) is 0 Å². The number of fused-ring (bicyclic) bond motifs is 3. The zero-order chi connectivity index (χ0) is 16.3. The molecule has 128 valence electrons. The number of hydrogen-bond donors (Lipinski definition) is 1. The molecule has 3 aliphatic rings. The van der Waals surface area contributed by atoms with E-state index in [4.69, 9.17) is 0 Å². The van der Waals surface area contributed by atoms with Crippen LogP contribution in [0.3, 0.4) is 0 Å². The lowest BCUT2D eigenvalue weighted by molar-refractivity contribution is -0.128. The molecule has 0 spiro atoms. The smallest absolute Gasteiger partial charge is 0.121 e. The lowest BCUT2D eigenvalue weighted by atomic mass is 9.48. The standard InChI is InChI=1S/C20H35IO/c1-13-6-7-15-12-17-14(2)8-11-20(21,22)19(17,5)10-9-16(13)18(15,3)4/h13-17,22H,6-12H2,1-5H3/t13-,14-,15+,16+,17-,19+,20?/m1/s1. The third kappa shape index (κ3) is 2.50. The Bertz CT molecular complexity index is 429. The minimum atomic E-state index is -0.499. The molecule has 0 saturated heterocycles. The Labute approximate surface area is 151 Å². The quantitative estimate of drug-likeness (QED) is 0.376. The molecule has 0 aromatic rings. The van der Waals surface area contributed by atoms with Crippen molar-refractivity contribution < 1.29 is 5.11 Å². The van der Waals surface area contributed by atoms with Crippen LogP contribution in [0, 0.1) is 40.4 Å². The second-order valence-electron chi connectivity index (χ2n) is 9.75. The summed E-state index contributed by atoms with van der Waals surface area (Å²) in [7, 11) is 0. The first kappa shape index (κ1) is 17.5. The van der Waals surface area contributed by atoms with Crippen LogP contribution >= 0.6 is 22.6 Å². The fourth-order valence-corrected chi connectivity index (χ4v) is 7.58. The molecule has 7 atom stereocenters. The van der Waals surface area contributed by atoms with Crippen molar-refractivity contribution in [2.24, 2.45) is 40.4 Å². The molecule has 2 bridgehead atoms. The second kappa shape index (κ2) is 5.61. The Kier molecular flexibility index (Phi) is 4.46. The summed E-state index contributed by atoms with van der Waals surface area (Å²) in [5.74, 6) is 4.02. The predicted molar refractivity (Wildman–Crippen MR) is 102 cm³/mol. The zero-order valence-electron chi connectivity index (χ0n) is 15.2. The van der Waals surface area contributed by atoms with Gasteiger partial charge in [-0.05, 0) is 96.1 Å². The molecule has 3 aliphatic carbocycles. The SMILES string of the molecule is C[C@@H]1CCC(O)(I)[C@@]2(C)CC[C@H]3[C@H](C)CC[C@@H](C[C@H]12)C3(C)C. The highest BCUT2D eigenvalue weighted by molar-refractivity contribution is 14.1. The Morgan fingerprint density at radius 3 is 2.18 bits per heavy atom.